The Bertz CT molecular complexity index is 580. The SMILES string of the molecule is Cc1nnc(Sc2ccc(CC(C)N)c(Br)c2)n1C. The topological polar surface area (TPSA) is 56.7 Å². The van der Waals surface area contributed by atoms with Gasteiger partial charge in [-0.3, -0.25) is 0 Å². The van der Waals surface area contributed by atoms with Gasteiger partial charge in [-0.1, -0.05) is 22.0 Å². The van der Waals surface area contributed by atoms with Crippen LogP contribution in [-0.2, 0) is 13.5 Å². The maximum Gasteiger partial charge on any atom is 0.195 e. The minimum atomic E-state index is 0.163. The lowest BCUT2D eigenvalue weighted by molar-refractivity contribution is 0.735. The molecule has 1 aromatic carbocycles. The van der Waals surface area contributed by atoms with Crippen LogP contribution in [0.1, 0.15) is 18.3 Å². The second kappa shape index (κ2) is 6.07. The van der Waals surface area contributed by atoms with E-state index in [0.717, 1.165) is 26.8 Å². The van der Waals surface area contributed by atoms with Gasteiger partial charge in [-0.2, -0.15) is 0 Å². The summed E-state index contributed by atoms with van der Waals surface area (Å²) in [6.45, 7) is 3.95. The number of nitrogens with zero attached hydrogens (tertiary/aromatic N) is 3. The van der Waals surface area contributed by atoms with E-state index in [9.17, 15) is 0 Å². The first-order valence-electron chi connectivity index (χ1n) is 6.05. The molecule has 1 atom stereocenters. The Morgan fingerprint density at radius 3 is 2.68 bits per heavy atom. The van der Waals surface area contributed by atoms with E-state index >= 15 is 0 Å². The molecule has 2 N–H and O–H groups in total. The largest absolute Gasteiger partial charge is 0.328 e. The van der Waals surface area contributed by atoms with E-state index in [-0.39, 0.29) is 6.04 Å². The fourth-order valence-electron chi connectivity index (χ4n) is 1.69. The van der Waals surface area contributed by atoms with Crippen LogP contribution in [0.4, 0.5) is 0 Å². The van der Waals surface area contributed by atoms with Crippen LogP contribution in [0.15, 0.2) is 32.7 Å². The van der Waals surface area contributed by atoms with Crippen molar-refractivity contribution >= 4 is 27.7 Å². The molecular formula is C13H17BrN4S. The first-order valence-corrected chi connectivity index (χ1v) is 7.66. The molecule has 0 amide bonds. The number of rotatable bonds is 4. The molecule has 0 radical (unpaired) electrons. The Morgan fingerprint density at radius 1 is 1.42 bits per heavy atom. The van der Waals surface area contributed by atoms with Crippen molar-refractivity contribution in [2.75, 3.05) is 0 Å². The molecule has 2 rings (SSSR count). The van der Waals surface area contributed by atoms with E-state index < -0.39 is 0 Å². The predicted octanol–water partition coefficient (Wildman–Crippen LogP) is 2.93. The van der Waals surface area contributed by atoms with E-state index in [0.29, 0.717) is 0 Å². The van der Waals surface area contributed by atoms with Crippen LogP contribution < -0.4 is 5.73 Å². The Labute approximate surface area is 125 Å². The molecule has 0 fully saturated rings. The summed E-state index contributed by atoms with van der Waals surface area (Å²) in [6.07, 6.45) is 0.870. The summed E-state index contributed by atoms with van der Waals surface area (Å²) in [5.74, 6) is 0.912. The van der Waals surface area contributed by atoms with Crippen molar-refractivity contribution in [2.45, 2.75) is 36.4 Å². The standard InChI is InChI=1S/C13H17BrN4S/c1-8(15)6-10-4-5-11(7-12(10)14)19-13-17-16-9(2)18(13)3/h4-5,7-8H,6,15H2,1-3H3. The maximum absolute atomic E-state index is 5.83. The molecule has 0 aliphatic rings. The second-order valence-corrected chi connectivity index (χ2v) is 6.52. The van der Waals surface area contributed by atoms with E-state index in [2.05, 4.69) is 44.3 Å². The van der Waals surface area contributed by atoms with Gasteiger partial charge in [0.05, 0.1) is 0 Å². The fraction of sp³-hybridized carbons (Fsp3) is 0.385. The minimum Gasteiger partial charge on any atom is -0.328 e. The summed E-state index contributed by atoms with van der Waals surface area (Å²) in [5, 5.41) is 9.10. The molecule has 1 heterocycles. The highest BCUT2D eigenvalue weighted by Crippen LogP contribution is 2.30. The monoisotopic (exact) mass is 340 g/mol. The summed E-state index contributed by atoms with van der Waals surface area (Å²) in [5.41, 5.74) is 7.06. The van der Waals surface area contributed by atoms with Crippen molar-refractivity contribution in [1.82, 2.24) is 14.8 Å². The van der Waals surface area contributed by atoms with Crippen LogP contribution in [0.5, 0.6) is 0 Å². The Balaban J connectivity index is 2.18. The normalized spacial score (nSPS) is 12.7. The van der Waals surface area contributed by atoms with Crippen molar-refractivity contribution in [3.8, 4) is 0 Å². The van der Waals surface area contributed by atoms with Gasteiger partial charge >= 0.3 is 0 Å². The van der Waals surface area contributed by atoms with Crippen molar-refractivity contribution < 1.29 is 0 Å². The average Bonchev–Trinajstić information content (AvgIpc) is 2.64. The van der Waals surface area contributed by atoms with Gasteiger partial charge in [-0.15, -0.1) is 10.2 Å². The summed E-state index contributed by atoms with van der Waals surface area (Å²) in [4.78, 5) is 1.13. The van der Waals surface area contributed by atoms with Gasteiger partial charge in [0, 0.05) is 22.5 Å². The van der Waals surface area contributed by atoms with Gasteiger partial charge in [0.1, 0.15) is 5.82 Å². The van der Waals surface area contributed by atoms with Gasteiger partial charge in [-0.25, -0.2) is 0 Å². The average molecular weight is 341 g/mol. The zero-order chi connectivity index (χ0) is 14.0. The number of aryl methyl sites for hydroxylation is 1. The summed E-state index contributed by atoms with van der Waals surface area (Å²) in [7, 11) is 1.97. The van der Waals surface area contributed by atoms with Gasteiger partial charge < -0.3 is 10.3 Å². The molecule has 1 aromatic heterocycles. The lowest BCUT2D eigenvalue weighted by Gasteiger charge is -2.09. The molecule has 4 nitrogen and oxygen atoms in total. The number of benzene rings is 1. The summed E-state index contributed by atoms with van der Waals surface area (Å²) < 4.78 is 3.07. The summed E-state index contributed by atoms with van der Waals surface area (Å²) in [6, 6.07) is 6.47. The molecule has 0 aliphatic heterocycles. The lowest BCUT2D eigenvalue weighted by atomic mass is 10.1. The third-order valence-electron chi connectivity index (χ3n) is 2.83. The van der Waals surface area contributed by atoms with Crippen molar-refractivity contribution in [3.05, 3.63) is 34.1 Å². The zero-order valence-electron chi connectivity index (χ0n) is 11.2. The number of halogens is 1. The molecule has 2 aromatic rings. The fourth-order valence-corrected chi connectivity index (χ4v) is 3.25. The Morgan fingerprint density at radius 2 is 2.16 bits per heavy atom. The molecule has 0 saturated heterocycles. The molecule has 6 heteroatoms. The van der Waals surface area contributed by atoms with Gasteiger partial charge in [-0.05, 0) is 49.7 Å². The zero-order valence-corrected chi connectivity index (χ0v) is 13.6. The van der Waals surface area contributed by atoms with E-state index in [1.165, 1.54) is 5.56 Å². The predicted molar refractivity (Wildman–Crippen MR) is 81.4 cm³/mol. The van der Waals surface area contributed by atoms with Crippen molar-refractivity contribution in [1.29, 1.82) is 0 Å². The van der Waals surface area contributed by atoms with Crippen LogP contribution in [0.25, 0.3) is 0 Å². The molecular weight excluding hydrogens is 324 g/mol. The minimum absolute atomic E-state index is 0.163. The molecule has 0 saturated carbocycles. The third kappa shape index (κ3) is 3.58. The molecule has 19 heavy (non-hydrogen) atoms. The van der Waals surface area contributed by atoms with Crippen molar-refractivity contribution in [2.24, 2.45) is 12.8 Å². The van der Waals surface area contributed by atoms with Crippen LogP contribution in [0.2, 0.25) is 0 Å². The van der Waals surface area contributed by atoms with Crippen LogP contribution in [0, 0.1) is 6.92 Å². The van der Waals surface area contributed by atoms with Gasteiger partial charge in [0.15, 0.2) is 5.16 Å². The molecule has 0 spiro atoms. The Hall–Kier alpha value is -0.850. The Kier molecular flexibility index (Phi) is 4.65. The van der Waals surface area contributed by atoms with Crippen molar-refractivity contribution in [3.63, 3.8) is 0 Å². The van der Waals surface area contributed by atoms with Crippen LogP contribution >= 0.6 is 27.7 Å². The number of hydrogen-bond donors (Lipinski definition) is 1. The number of hydrogen-bond acceptors (Lipinski definition) is 4. The highest BCUT2D eigenvalue weighted by molar-refractivity contribution is 9.10. The van der Waals surface area contributed by atoms with Gasteiger partial charge in [0.2, 0.25) is 0 Å². The number of nitrogens with two attached hydrogens (primary N) is 1. The highest BCUT2D eigenvalue weighted by atomic mass is 79.9. The van der Waals surface area contributed by atoms with E-state index in [1.807, 2.05) is 25.5 Å². The smallest absolute Gasteiger partial charge is 0.195 e. The number of aromatic nitrogens is 3. The maximum atomic E-state index is 5.83. The first kappa shape index (κ1) is 14.6. The molecule has 0 aliphatic carbocycles. The van der Waals surface area contributed by atoms with E-state index in [4.69, 9.17) is 5.73 Å². The highest BCUT2D eigenvalue weighted by Gasteiger charge is 2.09. The van der Waals surface area contributed by atoms with Gasteiger partial charge in [0.25, 0.3) is 0 Å². The first-order chi connectivity index (χ1) is 8.97. The van der Waals surface area contributed by atoms with Crippen LogP contribution in [-0.4, -0.2) is 20.8 Å². The van der Waals surface area contributed by atoms with Crippen LogP contribution in [0.3, 0.4) is 0 Å². The molecule has 0 bridgehead atoms. The summed E-state index contributed by atoms with van der Waals surface area (Å²) >= 11 is 5.21. The third-order valence-corrected chi connectivity index (χ3v) is 4.59. The lowest BCUT2D eigenvalue weighted by Crippen LogP contribution is -2.17. The molecule has 102 valence electrons. The second-order valence-electron chi connectivity index (χ2n) is 4.63. The molecule has 1 unspecified atom stereocenters. The van der Waals surface area contributed by atoms with E-state index in [1.54, 1.807) is 11.8 Å². The quantitative estimate of drug-likeness (QED) is 0.929.